The van der Waals surface area contributed by atoms with Crippen LogP contribution in [0.25, 0.3) is 44.3 Å². The Hall–Kier alpha value is -5.79. The number of carbonyl (C=O) groups is 4. The number of ether oxygens (including phenoxy) is 2. The van der Waals surface area contributed by atoms with Gasteiger partial charge in [-0.15, -0.1) is 0 Å². The zero-order chi connectivity index (χ0) is 40.5. The van der Waals surface area contributed by atoms with Crippen molar-refractivity contribution in [3.63, 3.8) is 0 Å². The van der Waals surface area contributed by atoms with E-state index in [1.807, 2.05) is 75.1 Å². The molecule has 0 radical (unpaired) electrons. The number of carbonyl (C=O) groups excluding carboxylic acids is 4. The molecule has 13 nitrogen and oxygen atoms in total. The zero-order valence-electron chi connectivity index (χ0n) is 33.2. The van der Waals surface area contributed by atoms with Gasteiger partial charge in [0.2, 0.25) is 11.8 Å². The lowest BCUT2D eigenvalue weighted by atomic mass is 9.91. The normalized spacial score (nSPS) is 18.1. The number of aromatic amines is 2. The van der Waals surface area contributed by atoms with Crippen LogP contribution in [0, 0.1) is 23.6 Å². The maximum Gasteiger partial charge on any atom is 0.407 e. The maximum atomic E-state index is 15.9. The molecular formula is C43H50FN7O6. The molecule has 57 heavy (non-hydrogen) atoms. The number of aromatic nitrogens is 4. The molecule has 3 amide bonds. The molecule has 2 aromatic heterocycles. The van der Waals surface area contributed by atoms with Gasteiger partial charge in [0.05, 0.1) is 60.7 Å². The minimum atomic E-state index is -0.727. The minimum Gasteiger partial charge on any atom is -0.469 e. The fourth-order valence-corrected chi connectivity index (χ4v) is 8.24. The van der Waals surface area contributed by atoms with E-state index in [-0.39, 0.29) is 48.0 Å². The van der Waals surface area contributed by atoms with E-state index in [9.17, 15) is 19.2 Å². The highest BCUT2D eigenvalue weighted by molar-refractivity contribution is 5.88. The average Bonchev–Trinajstić information content (AvgIpc) is 4.03. The maximum absolute atomic E-state index is 15.9. The van der Waals surface area contributed by atoms with Crippen molar-refractivity contribution in [2.24, 2.45) is 17.8 Å². The minimum absolute atomic E-state index is 0.0321. The Morgan fingerprint density at radius 3 is 1.84 bits per heavy atom. The quantitative estimate of drug-likeness (QED) is 0.116. The molecule has 2 saturated heterocycles. The average molecular weight is 780 g/mol. The zero-order valence-corrected chi connectivity index (χ0v) is 33.2. The van der Waals surface area contributed by atoms with Crippen molar-refractivity contribution in [1.82, 2.24) is 35.1 Å². The van der Waals surface area contributed by atoms with E-state index >= 15 is 4.39 Å². The van der Waals surface area contributed by atoms with Gasteiger partial charge in [0.15, 0.2) is 0 Å². The topological polar surface area (TPSA) is 163 Å². The van der Waals surface area contributed by atoms with Gasteiger partial charge in [0, 0.05) is 18.7 Å². The molecular weight excluding hydrogens is 730 g/mol. The number of rotatable bonds is 11. The third-order valence-corrected chi connectivity index (χ3v) is 11.4. The van der Waals surface area contributed by atoms with E-state index in [0.717, 1.165) is 53.3 Å². The summed E-state index contributed by atoms with van der Waals surface area (Å²) in [6.07, 6.45) is 2.49. The van der Waals surface area contributed by atoms with Crippen LogP contribution in [0.4, 0.5) is 9.18 Å². The highest BCUT2D eigenvalue weighted by Crippen LogP contribution is 2.37. The lowest BCUT2D eigenvalue weighted by molar-refractivity contribution is -0.148. The van der Waals surface area contributed by atoms with Crippen LogP contribution in [0.15, 0.2) is 54.6 Å². The molecule has 0 unspecified atom stereocenters. The summed E-state index contributed by atoms with van der Waals surface area (Å²) in [5.41, 5.74) is 5.59. The summed E-state index contributed by atoms with van der Waals surface area (Å²) in [4.78, 5) is 71.4. The molecule has 4 atom stereocenters. The van der Waals surface area contributed by atoms with Gasteiger partial charge in [-0.3, -0.25) is 14.4 Å². The molecule has 3 N–H and O–H groups in total. The van der Waals surface area contributed by atoms with Crippen molar-refractivity contribution in [2.45, 2.75) is 77.9 Å². The predicted octanol–water partition coefficient (Wildman–Crippen LogP) is 7.46. The second-order valence-corrected chi connectivity index (χ2v) is 15.8. The third kappa shape index (κ3) is 7.94. The van der Waals surface area contributed by atoms with Crippen molar-refractivity contribution in [3.05, 3.63) is 72.1 Å². The van der Waals surface area contributed by atoms with Crippen LogP contribution in [-0.4, -0.2) is 87.0 Å². The molecule has 7 rings (SSSR count). The van der Waals surface area contributed by atoms with Crippen molar-refractivity contribution in [3.8, 4) is 22.3 Å². The fraction of sp³-hybridized carbons (Fsp3) is 0.442. The Bertz CT molecular complexity index is 2320. The van der Waals surface area contributed by atoms with E-state index in [2.05, 4.69) is 15.3 Å². The van der Waals surface area contributed by atoms with Gasteiger partial charge in [-0.05, 0) is 84.5 Å². The highest BCUT2D eigenvalue weighted by Gasteiger charge is 2.39. The molecule has 0 spiro atoms. The van der Waals surface area contributed by atoms with E-state index in [4.69, 9.17) is 19.4 Å². The van der Waals surface area contributed by atoms with Gasteiger partial charge in [-0.25, -0.2) is 19.2 Å². The molecule has 3 aromatic carbocycles. The summed E-state index contributed by atoms with van der Waals surface area (Å²) < 4.78 is 25.6. The largest absolute Gasteiger partial charge is 0.469 e. The third-order valence-electron chi connectivity index (χ3n) is 11.4. The van der Waals surface area contributed by atoms with Gasteiger partial charge >= 0.3 is 12.1 Å². The van der Waals surface area contributed by atoms with Crippen molar-refractivity contribution in [1.29, 1.82) is 0 Å². The first kappa shape index (κ1) is 39.4. The second-order valence-electron chi connectivity index (χ2n) is 15.8. The molecule has 0 saturated carbocycles. The lowest BCUT2D eigenvalue weighted by Crippen LogP contribution is -2.51. The standard InChI is InChI=1S/C43H50FN7O6/c1-23(2)29(22-37(52)56-5)41(53)50-17-7-9-35(50)39-46-32-16-13-27(21-34(32)48-39)28-14-11-25(19-30(28)44)26-12-15-31-33(20-26)47-40(45-31)36-10-8-18-51(36)42(54)38(24(3)4)49-43(55)57-6/h11-16,19-21,23-24,29,35-36,38H,7-10,17-18,22H2,1-6H3,(H,45,47)(H,46,48)(H,49,55)/t29-,35-,36-,38-/m0/s1. The molecule has 14 heteroatoms. The number of hydrogen-bond acceptors (Lipinski definition) is 8. The van der Waals surface area contributed by atoms with Crippen LogP contribution in [0.1, 0.15) is 83.5 Å². The van der Waals surface area contributed by atoms with E-state index in [1.165, 1.54) is 20.3 Å². The SMILES string of the molecule is COC(=O)C[C@H](C(=O)N1CCC[C@H]1c1nc2ccc(-c3ccc(-c4ccc5nc([C@@H]6CCCN6C(=O)[C@@H](NC(=O)OC)C(C)C)[nH]c5c4)cc3F)cc2[nH]1)C(C)C. The monoisotopic (exact) mass is 779 g/mol. The number of methoxy groups -OCH3 is 2. The Morgan fingerprint density at radius 1 is 0.754 bits per heavy atom. The smallest absolute Gasteiger partial charge is 0.407 e. The number of halogens is 1. The molecule has 0 bridgehead atoms. The number of alkyl carbamates (subject to hydrolysis) is 1. The van der Waals surface area contributed by atoms with Crippen molar-refractivity contribution < 1.29 is 33.0 Å². The van der Waals surface area contributed by atoms with Crippen LogP contribution in [0.5, 0.6) is 0 Å². The van der Waals surface area contributed by atoms with Crippen molar-refractivity contribution in [2.75, 3.05) is 27.3 Å². The number of likely N-dealkylation sites (tertiary alicyclic amines) is 2. The van der Waals surface area contributed by atoms with Gasteiger partial charge < -0.3 is 34.6 Å². The molecule has 2 aliphatic heterocycles. The molecule has 5 aromatic rings. The summed E-state index contributed by atoms with van der Waals surface area (Å²) in [5.74, 6) is -0.362. The van der Waals surface area contributed by atoms with Crippen molar-refractivity contribution >= 4 is 45.9 Å². The molecule has 0 aliphatic carbocycles. The van der Waals surface area contributed by atoms with E-state index in [0.29, 0.717) is 41.4 Å². The first-order valence-electron chi connectivity index (χ1n) is 19.7. The molecule has 2 aliphatic rings. The molecule has 2 fully saturated rings. The Morgan fingerprint density at radius 2 is 1.30 bits per heavy atom. The summed E-state index contributed by atoms with van der Waals surface area (Å²) in [6, 6.07) is 15.2. The van der Waals surface area contributed by atoms with Gasteiger partial charge in [0.25, 0.3) is 0 Å². The number of nitrogens with one attached hydrogen (secondary N) is 3. The van der Waals surface area contributed by atoms with Gasteiger partial charge in [0.1, 0.15) is 23.5 Å². The predicted molar refractivity (Wildman–Crippen MR) is 213 cm³/mol. The van der Waals surface area contributed by atoms with E-state index in [1.54, 1.807) is 11.0 Å². The summed E-state index contributed by atoms with van der Waals surface area (Å²) >= 11 is 0. The number of imidazole rings is 2. The number of esters is 1. The van der Waals surface area contributed by atoms with Crippen LogP contribution >= 0.6 is 0 Å². The Kier molecular flexibility index (Phi) is 11.3. The first-order valence-corrected chi connectivity index (χ1v) is 19.7. The second kappa shape index (κ2) is 16.4. The van der Waals surface area contributed by atoms with Crippen LogP contribution < -0.4 is 5.32 Å². The first-order chi connectivity index (χ1) is 27.4. The van der Waals surface area contributed by atoms with Crippen LogP contribution in [0.3, 0.4) is 0 Å². The molecule has 300 valence electrons. The van der Waals surface area contributed by atoms with E-state index < -0.39 is 24.0 Å². The van der Waals surface area contributed by atoms with Gasteiger partial charge in [-0.2, -0.15) is 0 Å². The van der Waals surface area contributed by atoms with Crippen LogP contribution in [-0.2, 0) is 23.9 Å². The lowest BCUT2D eigenvalue weighted by Gasteiger charge is -2.29. The number of H-pyrrole nitrogens is 2. The number of benzene rings is 3. The molecule has 4 heterocycles. The Labute approximate surface area is 330 Å². The fourth-order valence-electron chi connectivity index (χ4n) is 8.24. The van der Waals surface area contributed by atoms with Gasteiger partial charge in [-0.1, -0.05) is 52.0 Å². The summed E-state index contributed by atoms with van der Waals surface area (Å²) in [6.45, 7) is 8.77. The number of fused-ring (bicyclic) bond motifs is 2. The summed E-state index contributed by atoms with van der Waals surface area (Å²) in [5, 5.41) is 2.68. The Balaban J connectivity index is 1.09. The number of hydrogen-bond donors (Lipinski definition) is 3. The number of amides is 3. The summed E-state index contributed by atoms with van der Waals surface area (Å²) in [7, 11) is 2.61. The highest BCUT2D eigenvalue weighted by atomic mass is 19.1. The van der Waals surface area contributed by atoms with Crippen LogP contribution in [0.2, 0.25) is 0 Å². The number of nitrogens with zero attached hydrogens (tertiary/aromatic N) is 4.